The second kappa shape index (κ2) is 6.75. The van der Waals surface area contributed by atoms with Crippen molar-refractivity contribution in [3.63, 3.8) is 0 Å². The molecule has 0 heterocycles. The van der Waals surface area contributed by atoms with Crippen LogP contribution in [0.3, 0.4) is 0 Å². The molecule has 0 amide bonds. The number of carbonyl (C=O) groups is 2. The summed E-state index contributed by atoms with van der Waals surface area (Å²) in [6.07, 6.45) is 2.69. The molecule has 13 heavy (non-hydrogen) atoms. The van der Waals surface area contributed by atoms with Gasteiger partial charge < -0.3 is 9.84 Å². The summed E-state index contributed by atoms with van der Waals surface area (Å²) in [6.45, 7) is -0.0474. The third-order valence-corrected chi connectivity index (χ3v) is 0.874. The van der Waals surface area contributed by atoms with Crippen LogP contribution in [0.2, 0.25) is 0 Å². The molecule has 0 rings (SSSR count). The van der Waals surface area contributed by atoms with Gasteiger partial charge in [-0.1, -0.05) is 0 Å². The Morgan fingerprint density at radius 1 is 1.46 bits per heavy atom. The van der Waals surface area contributed by atoms with Crippen LogP contribution in [-0.4, -0.2) is 36.3 Å². The minimum absolute atomic E-state index is 0.0240. The topological polar surface area (TPSA) is 93.0 Å². The summed E-state index contributed by atoms with van der Waals surface area (Å²) in [5, 5.41) is 8.11. The molecule has 0 spiro atoms. The van der Waals surface area contributed by atoms with E-state index in [0.29, 0.717) is 6.08 Å². The van der Waals surface area contributed by atoms with E-state index in [1.165, 1.54) is 6.08 Å². The van der Waals surface area contributed by atoms with Gasteiger partial charge in [-0.3, -0.25) is 0 Å². The smallest absolute Gasteiger partial charge is 0.331 e. The minimum atomic E-state index is -1.23. The first kappa shape index (κ1) is 11.1. The fourth-order valence-electron chi connectivity index (χ4n) is 0.425. The monoisotopic (exact) mass is 185 g/mol. The van der Waals surface area contributed by atoms with Gasteiger partial charge in [0.15, 0.2) is 0 Å². The Kier molecular flexibility index (Phi) is 5.74. The number of ether oxygens (including phenoxy) is 1. The fourth-order valence-corrected chi connectivity index (χ4v) is 0.425. The molecular formula is C7H7NO5. The van der Waals surface area contributed by atoms with Crippen LogP contribution in [0.15, 0.2) is 17.1 Å². The molecule has 6 heteroatoms. The molecule has 6 nitrogen and oxygen atoms in total. The summed E-state index contributed by atoms with van der Waals surface area (Å²) in [7, 11) is 0. The van der Waals surface area contributed by atoms with Gasteiger partial charge in [0.25, 0.3) is 0 Å². The maximum Gasteiger partial charge on any atom is 0.331 e. The molecule has 70 valence electrons. The quantitative estimate of drug-likeness (QED) is 0.205. The van der Waals surface area contributed by atoms with Gasteiger partial charge in [0.2, 0.25) is 6.08 Å². The van der Waals surface area contributed by atoms with Gasteiger partial charge in [0.1, 0.15) is 6.61 Å². The van der Waals surface area contributed by atoms with Crippen molar-refractivity contribution >= 4 is 18.0 Å². The van der Waals surface area contributed by atoms with Gasteiger partial charge in [0, 0.05) is 12.2 Å². The third kappa shape index (κ3) is 7.96. The van der Waals surface area contributed by atoms with Crippen molar-refractivity contribution in [2.45, 2.75) is 0 Å². The maximum absolute atomic E-state index is 10.6. The van der Waals surface area contributed by atoms with E-state index in [2.05, 4.69) is 9.73 Å². The first-order valence-corrected chi connectivity index (χ1v) is 3.28. The van der Waals surface area contributed by atoms with Crippen LogP contribution >= 0.6 is 0 Å². The molecule has 0 aliphatic heterocycles. The van der Waals surface area contributed by atoms with Gasteiger partial charge in [-0.05, 0) is 0 Å². The minimum Gasteiger partial charge on any atom is -0.478 e. The molecule has 0 aromatic carbocycles. The van der Waals surface area contributed by atoms with Crippen LogP contribution in [0.5, 0.6) is 0 Å². The van der Waals surface area contributed by atoms with E-state index in [1.807, 2.05) is 0 Å². The van der Waals surface area contributed by atoms with Crippen molar-refractivity contribution < 1.29 is 24.2 Å². The number of carbonyl (C=O) groups excluding carboxylic acids is 2. The van der Waals surface area contributed by atoms with Crippen LogP contribution in [0, 0.1) is 0 Å². The first-order chi connectivity index (χ1) is 6.16. The Morgan fingerprint density at radius 3 is 2.69 bits per heavy atom. The summed E-state index contributed by atoms with van der Waals surface area (Å²) in [4.78, 5) is 33.2. The molecule has 0 aliphatic rings. The highest BCUT2D eigenvalue weighted by atomic mass is 16.5. The fraction of sp³-hybridized carbons (Fsp3) is 0.286. The average molecular weight is 185 g/mol. The van der Waals surface area contributed by atoms with Gasteiger partial charge in [0.05, 0.1) is 6.54 Å². The highest BCUT2D eigenvalue weighted by Crippen LogP contribution is 1.82. The average Bonchev–Trinajstić information content (AvgIpc) is 2.09. The van der Waals surface area contributed by atoms with E-state index in [0.717, 1.165) is 6.08 Å². The van der Waals surface area contributed by atoms with Crippen molar-refractivity contribution in [2.24, 2.45) is 4.99 Å². The summed E-state index contributed by atoms with van der Waals surface area (Å²) < 4.78 is 4.43. The van der Waals surface area contributed by atoms with Gasteiger partial charge in [-0.2, -0.15) is 0 Å². The van der Waals surface area contributed by atoms with E-state index in [9.17, 15) is 14.4 Å². The second-order valence-corrected chi connectivity index (χ2v) is 1.81. The Bertz CT molecular complexity index is 264. The molecule has 0 aromatic heterocycles. The zero-order chi connectivity index (χ0) is 10.1. The van der Waals surface area contributed by atoms with Gasteiger partial charge >= 0.3 is 11.9 Å². The number of hydrogen-bond acceptors (Lipinski definition) is 5. The second-order valence-electron chi connectivity index (χ2n) is 1.81. The third-order valence-electron chi connectivity index (χ3n) is 0.874. The Labute approximate surface area is 73.5 Å². The molecule has 0 saturated carbocycles. The number of rotatable bonds is 5. The van der Waals surface area contributed by atoms with Crippen LogP contribution < -0.4 is 0 Å². The normalized spacial score (nSPS) is 9.23. The molecule has 0 radical (unpaired) electrons. The Balaban J connectivity index is 3.63. The molecule has 1 N–H and O–H groups in total. The molecule has 0 aliphatic carbocycles. The zero-order valence-corrected chi connectivity index (χ0v) is 6.60. The van der Waals surface area contributed by atoms with Gasteiger partial charge in [-0.15, -0.1) is 0 Å². The van der Waals surface area contributed by atoms with Crippen LogP contribution in [0.25, 0.3) is 0 Å². The largest absolute Gasteiger partial charge is 0.478 e. The van der Waals surface area contributed by atoms with Crippen molar-refractivity contribution in [3.8, 4) is 0 Å². The number of carboxylic acid groups (broad SMARTS) is 1. The van der Waals surface area contributed by atoms with Crippen molar-refractivity contribution in [1.82, 2.24) is 0 Å². The molecule has 0 aromatic rings. The van der Waals surface area contributed by atoms with Crippen LogP contribution in [0.4, 0.5) is 0 Å². The lowest BCUT2D eigenvalue weighted by atomic mass is 10.5. The Hall–Kier alpha value is -1.94. The summed E-state index contributed by atoms with van der Waals surface area (Å²) >= 11 is 0. The van der Waals surface area contributed by atoms with E-state index >= 15 is 0 Å². The lowest BCUT2D eigenvalue weighted by molar-refractivity contribution is -0.138. The number of aliphatic imine (C=N–C) groups is 1. The molecule has 0 saturated heterocycles. The molecule has 0 fully saturated rings. The van der Waals surface area contributed by atoms with Crippen LogP contribution in [-0.2, 0) is 19.1 Å². The van der Waals surface area contributed by atoms with Crippen LogP contribution in [0.1, 0.15) is 0 Å². The first-order valence-electron chi connectivity index (χ1n) is 3.28. The Morgan fingerprint density at radius 2 is 2.15 bits per heavy atom. The predicted octanol–water partition coefficient (Wildman–Crippen LogP) is -0.494. The number of carboxylic acids is 1. The van der Waals surface area contributed by atoms with Crippen molar-refractivity contribution in [2.75, 3.05) is 13.2 Å². The number of esters is 1. The SMILES string of the molecule is O=C=NCCOC(=O)C=CC(=O)O. The predicted molar refractivity (Wildman–Crippen MR) is 40.7 cm³/mol. The number of hydrogen-bond donors (Lipinski definition) is 1. The highest BCUT2D eigenvalue weighted by Gasteiger charge is 1.96. The van der Waals surface area contributed by atoms with Gasteiger partial charge in [-0.25, -0.2) is 19.4 Å². The zero-order valence-electron chi connectivity index (χ0n) is 6.60. The molecule has 0 atom stereocenters. The summed E-state index contributed by atoms with van der Waals surface area (Å²) in [6, 6.07) is 0. The summed E-state index contributed by atoms with van der Waals surface area (Å²) in [5.41, 5.74) is 0. The molecule has 0 unspecified atom stereocenters. The standard InChI is InChI=1S/C7H7NO5/c9-5-8-3-4-13-7(12)2-1-6(10)11/h1-2H,3-4H2,(H,10,11). The summed E-state index contributed by atoms with van der Waals surface area (Å²) in [5.74, 6) is -2.02. The highest BCUT2D eigenvalue weighted by molar-refractivity contribution is 5.90. The lowest BCUT2D eigenvalue weighted by Gasteiger charge is -1.95. The molecular weight excluding hydrogens is 178 g/mol. The van der Waals surface area contributed by atoms with E-state index in [4.69, 9.17) is 5.11 Å². The number of nitrogens with zero attached hydrogens (tertiary/aromatic N) is 1. The maximum atomic E-state index is 10.6. The number of aliphatic carboxylic acids is 1. The van der Waals surface area contributed by atoms with Crippen molar-refractivity contribution in [1.29, 1.82) is 0 Å². The van der Waals surface area contributed by atoms with E-state index in [1.54, 1.807) is 0 Å². The molecule has 0 bridgehead atoms. The lowest BCUT2D eigenvalue weighted by Crippen LogP contribution is -2.05. The van der Waals surface area contributed by atoms with E-state index in [-0.39, 0.29) is 13.2 Å². The van der Waals surface area contributed by atoms with Crippen molar-refractivity contribution in [3.05, 3.63) is 12.2 Å². The number of isocyanates is 1. The van der Waals surface area contributed by atoms with E-state index < -0.39 is 11.9 Å².